The van der Waals surface area contributed by atoms with Crippen LogP contribution in [0.15, 0.2) is 0 Å². The van der Waals surface area contributed by atoms with Gasteiger partial charge in [-0.15, -0.1) is 12.6 Å². The monoisotopic (exact) mass is 619 g/mol. The zero-order valence-corrected chi connectivity index (χ0v) is 25.3. The smallest absolute Gasteiger partial charge is 0.369 e. The van der Waals surface area contributed by atoms with Crippen LogP contribution in [-0.4, -0.2) is 99.9 Å². The molecule has 0 aromatic rings. The molecule has 4 rings (SSSR count). The van der Waals surface area contributed by atoms with E-state index in [-0.39, 0.29) is 36.1 Å². The van der Waals surface area contributed by atoms with Crippen LogP contribution in [0.1, 0.15) is 53.9 Å². The Morgan fingerprint density at radius 1 is 1.14 bits per heavy atom. The van der Waals surface area contributed by atoms with Crippen molar-refractivity contribution >= 4 is 42.2 Å². The molecule has 1 saturated carbocycles. The summed E-state index contributed by atoms with van der Waals surface area (Å²) in [5, 5.41) is 18.5. The lowest BCUT2D eigenvalue weighted by atomic mass is 9.85. The van der Waals surface area contributed by atoms with Gasteiger partial charge in [0.25, 0.3) is 5.91 Å². The first-order chi connectivity index (χ1) is 19.2. The summed E-state index contributed by atoms with van der Waals surface area (Å²) in [6, 6.07) is -4.04. The third kappa shape index (κ3) is 5.95. The van der Waals surface area contributed by atoms with E-state index in [4.69, 9.17) is 0 Å². The number of nitrogens with zero attached hydrogens (tertiary/aromatic N) is 2. The average molecular weight is 620 g/mol. The van der Waals surface area contributed by atoms with E-state index >= 15 is 0 Å². The molecular weight excluding hydrogens is 579 g/mol. The summed E-state index contributed by atoms with van der Waals surface area (Å²) < 4.78 is 39.4. The molecular formula is C27H40F3N5O6S. The second kappa shape index (κ2) is 10.9. The Kier molecular flexibility index (Phi) is 8.37. The molecule has 1 aliphatic carbocycles. The molecule has 0 unspecified atom stereocenters. The van der Waals surface area contributed by atoms with Gasteiger partial charge in [0.1, 0.15) is 12.1 Å². The minimum absolute atomic E-state index is 0.0800. The summed E-state index contributed by atoms with van der Waals surface area (Å²) in [6.07, 6.45) is -4.14. The molecule has 0 aromatic carbocycles. The number of amides is 5. The largest absolute Gasteiger partial charge is 0.471 e. The number of thiol groups is 1. The van der Waals surface area contributed by atoms with Crippen LogP contribution in [0.3, 0.4) is 0 Å². The molecule has 4 aliphatic rings. The molecule has 4 fully saturated rings. The maximum Gasteiger partial charge on any atom is 0.471 e. The van der Waals surface area contributed by atoms with Gasteiger partial charge in [-0.25, -0.2) is 0 Å². The second-order valence-electron chi connectivity index (χ2n) is 13.6. The Morgan fingerprint density at radius 3 is 2.24 bits per heavy atom. The summed E-state index contributed by atoms with van der Waals surface area (Å²) in [5.74, 6) is -5.91. The van der Waals surface area contributed by atoms with Crippen LogP contribution < -0.4 is 16.0 Å². The van der Waals surface area contributed by atoms with Crippen LogP contribution in [0, 0.1) is 28.6 Å². The third-order valence-electron chi connectivity index (χ3n) is 9.35. The molecule has 0 bridgehead atoms. The molecule has 42 heavy (non-hydrogen) atoms. The Balaban J connectivity index is 1.62. The van der Waals surface area contributed by atoms with Crippen LogP contribution in [0.5, 0.6) is 0 Å². The van der Waals surface area contributed by atoms with Crippen molar-refractivity contribution in [1.82, 2.24) is 25.8 Å². The summed E-state index contributed by atoms with van der Waals surface area (Å²) >= 11 is 4.27. The quantitative estimate of drug-likeness (QED) is 0.197. The number of halogens is 3. The number of aliphatic hydroxyl groups is 1. The van der Waals surface area contributed by atoms with Crippen molar-refractivity contribution in [3.05, 3.63) is 0 Å². The first kappa shape index (κ1) is 32.4. The Hall–Kier alpha value is -2.55. The van der Waals surface area contributed by atoms with Crippen LogP contribution in [0.2, 0.25) is 0 Å². The Morgan fingerprint density at radius 2 is 1.76 bits per heavy atom. The number of rotatable bonds is 8. The van der Waals surface area contributed by atoms with Crippen molar-refractivity contribution in [2.45, 2.75) is 83.1 Å². The van der Waals surface area contributed by atoms with Crippen LogP contribution in [0.25, 0.3) is 0 Å². The molecule has 3 aliphatic heterocycles. The molecule has 0 radical (unpaired) electrons. The number of alkyl halides is 3. The van der Waals surface area contributed by atoms with Gasteiger partial charge in [0.05, 0.1) is 6.04 Å². The summed E-state index contributed by atoms with van der Waals surface area (Å²) in [5.41, 5.74) is -1.49. The highest BCUT2D eigenvalue weighted by Crippen LogP contribution is 2.65. The van der Waals surface area contributed by atoms with Crippen molar-refractivity contribution in [3.8, 4) is 0 Å². The molecule has 3 saturated heterocycles. The number of nitrogens with one attached hydrogen (secondary N) is 3. The number of fused-ring (bicyclic) bond motifs is 1. The zero-order chi connectivity index (χ0) is 31.6. The van der Waals surface area contributed by atoms with E-state index in [0.29, 0.717) is 26.1 Å². The number of hydrogen-bond acceptors (Lipinski definition) is 7. The molecule has 4 N–H and O–H groups in total. The summed E-state index contributed by atoms with van der Waals surface area (Å²) in [7, 11) is 0. The standard InChI is InChI=1S/C27H40F3N5O6S/c1-24(2,3)18(33-22(39)27(28,29)30)21(38)35-12-14-16(25(14,4)5)17(35)20(37)32-15(11-13-7-8-31-19(13)36)26(41,42)23(40)34-9-6-10-34/h13-18,41-42H,6-12H2,1-5H3,(H,31,36)(H,32,37)(H,33,39)/t13-,14-,15-,16-,17-,18+,26-/m0/s1. The topological polar surface area (TPSA) is 148 Å². The van der Waals surface area contributed by atoms with Gasteiger partial charge < -0.3 is 30.9 Å². The minimum Gasteiger partial charge on any atom is -0.369 e. The van der Waals surface area contributed by atoms with E-state index in [1.807, 2.05) is 19.2 Å². The second-order valence-corrected chi connectivity index (χ2v) is 14.3. The van der Waals surface area contributed by atoms with Gasteiger partial charge in [0.2, 0.25) is 22.7 Å². The first-order valence-electron chi connectivity index (χ1n) is 14.2. The first-order valence-corrected chi connectivity index (χ1v) is 14.6. The van der Waals surface area contributed by atoms with Crippen molar-refractivity contribution in [1.29, 1.82) is 0 Å². The summed E-state index contributed by atoms with van der Waals surface area (Å²) in [6.45, 7) is 9.65. The fourth-order valence-corrected chi connectivity index (χ4v) is 6.79. The predicted octanol–water partition coefficient (Wildman–Crippen LogP) is 0.424. The minimum atomic E-state index is -5.21. The number of carbonyl (C=O) groups is 5. The fourth-order valence-electron chi connectivity index (χ4n) is 6.48. The van der Waals surface area contributed by atoms with Gasteiger partial charge in [-0.3, -0.25) is 24.0 Å². The fraction of sp³-hybridized carbons (Fsp3) is 0.815. The van der Waals surface area contributed by atoms with Gasteiger partial charge in [-0.05, 0) is 41.9 Å². The van der Waals surface area contributed by atoms with E-state index in [2.05, 4.69) is 23.3 Å². The van der Waals surface area contributed by atoms with Gasteiger partial charge >= 0.3 is 12.1 Å². The normalized spacial score (nSPS) is 29.4. The molecule has 236 valence electrons. The Labute approximate surface area is 248 Å². The van der Waals surface area contributed by atoms with E-state index in [1.54, 1.807) is 0 Å². The van der Waals surface area contributed by atoms with Crippen molar-refractivity contribution in [2.24, 2.45) is 28.6 Å². The SMILES string of the molecule is CC(C)(C)[C@H](NC(=O)C(F)(F)F)C(=O)N1C[C@H]2[C@@H]([C@H]1C(=O)N[C@@H](C[C@@H]1CCNC1=O)[C@](O)(S)C(=O)N1CCC1)C2(C)C. The number of hydrogen-bond donors (Lipinski definition) is 5. The molecule has 3 heterocycles. The molecule has 15 heteroatoms. The van der Waals surface area contributed by atoms with Crippen LogP contribution in [0.4, 0.5) is 13.2 Å². The van der Waals surface area contributed by atoms with E-state index in [0.717, 1.165) is 6.42 Å². The lowest BCUT2D eigenvalue weighted by Gasteiger charge is -2.41. The third-order valence-corrected chi connectivity index (χ3v) is 9.85. The van der Waals surface area contributed by atoms with Crippen molar-refractivity contribution < 1.29 is 42.3 Å². The lowest BCUT2D eigenvalue weighted by Crippen LogP contribution is -2.64. The van der Waals surface area contributed by atoms with Gasteiger partial charge in [-0.1, -0.05) is 34.6 Å². The van der Waals surface area contributed by atoms with E-state index in [9.17, 15) is 42.3 Å². The van der Waals surface area contributed by atoms with Gasteiger partial charge in [0, 0.05) is 32.1 Å². The zero-order valence-electron chi connectivity index (χ0n) is 24.4. The van der Waals surface area contributed by atoms with E-state index < -0.39 is 64.2 Å². The van der Waals surface area contributed by atoms with Gasteiger partial charge in [-0.2, -0.15) is 13.2 Å². The highest BCUT2D eigenvalue weighted by Gasteiger charge is 2.70. The maximum atomic E-state index is 14.0. The number of carbonyl (C=O) groups excluding carboxylic acids is 5. The predicted molar refractivity (Wildman–Crippen MR) is 146 cm³/mol. The molecule has 11 nitrogen and oxygen atoms in total. The van der Waals surface area contributed by atoms with E-state index in [1.165, 1.54) is 30.6 Å². The van der Waals surface area contributed by atoms with Crippen molar-refractivity contribution in [3.63, 3.8) is 0 Å². The molecule has 5 amide bonds. The molecule has 7 atom stereocenters. The van der Waals surface area contributed by atoms with Gasteiger partial charge in [0.15, 0.2) is 0 Å². The lowest BCUT2D eigenvalue weighted by molar-refractivity contribution is -0.176. The molecule has 0 spiro atoms. The highest BCUT2D eigenvalue weighted by atomic mass is 32.1. The number of likely N-dealkylation sites (tertiary alicyclic amines) is 2. The van der Waals surface area contributed by atoms with Crippen LogP contribution in [-0.2, 0) is 24.0 Å². The maximum absolute atomic E-state index is 14.0. The summed E-state index contributed by atoms with van der Waals surface area (Å²) in [4.78, 5) is 65.3. The molecule has 0 aromatic heterocycles. The highest BCUT2D eigenvalue weighted by molar-refractivity contribution is 7.82. The number of piperidine rings is 1. The Bertz CT molecular complexity index is 1150. The van der Waals surface area contributed by atoms with Crippen LogP contribution >= 0.6 is 12.6 Å². The average Bonchev–Trinajstić information content (AvgIpc) is 3.17. The van der Waals surface area contributed by atoms with Crippen molar-refractivity contribution in [2.75, 3.05) is 26.2 Å².